The Labute approximate surface area is 473 Å². The number of aliphatic hydroxyl groups is 2. The number of carbonyl (C=O) groups is 4. The van der Waals surface area contributed by atoms with Crippen molar-refractivity contribution in [2.75, 3.05) is 0 Å². The Hall–Kier alpha value is -2.18. The number of fused-ring (bicyclic) bond motifs is 4. The average molecular weight is 1070 g/mol. The molecule has 8 aliphatic rings. The molecule has 0 aliphatic heterocycles. The number of ketones is 4. The van der Waals surface area contributed by atoms with Crippen molar-refractivity contribution in [2.45, 2.75) is 263 Å². The molecular formula is C71H120O6. The Morgan fingerprint density at radius 2 is 0.701 bits per heavy atom. The van der Waals surface area contributed by atoms with Crippen molar-refractivity contribution >= 4 is 23.1 Å². The van der Waals surface area contributed by atoms with Gasteiger partial charge in [0.25, 0.3) is 0 Å². The van der Waals surface area contributed by atoms with E-state index in [1.165, 1.54) is 77.0 Å². The molecular weight excluding hydrogens is 949 g/mol. The van der Waals surface area contributed by atoms with E-state index in [9.17, 15) is 29.4 Å². The molecule has 0 aromatic heterocycles. The van der Waals surface area contributed by atoms with Crippen molar-refractivity contribution < 1.29 is 29.4 Å². The monoisotopic (exact) mass is 1070 g/mol. The van der Waals surface area contributed by atoms with Crippen LogP contribution in [0.4, 0.5) is 0 Å². The van der Waals surface area contributed by atoms with Gasteiger partial charge in [0.1, 0.15) is 23.1 Å². The minimum absolute atomic E-state index is 0.162. The minimum atomic E-state index is -0.658. The molecule has 0 aromatic carbocycles. The second-order valence-corrected chi connectivity index (χ2v) is 29.5. The fourth-order valence-electron chi connectivity index (χ4n) is 16.3. The minimum Gasteiger partial charge on any atom is -0.390 e. The standard InChI is InChI=1S/2C18H30O2.C18H30O.C17H30O/c2*1-12(8-9-13(2)18(3,4)20)14-10-11-16-15(14)6-5-7-17(16)19;1-12(2)13(3)8-9-14(4)15-10-11-17-16(15)6-5-7-18(17)19;1-12(2)6-4-7-13(3)14-10-11-16-15(14)8-5-9-17(16)18/h2*8-9,12-16,20H,5-7,10-11H2,1-4H3;8-9,12-17H,5-7,10-11H2,1-4H3;12-16H,4-11H2,1-3H3/b3*9-8+;/t12-,13+,14?,15+,16+;12-,13-,14?,15+,16+;13-,14-,15?,16+,17+;13-,14?,15+,16+/m0000/s1. The number of allylic oxidation sites excluding steroid dienone is 4. The van der Waals surface area contributed by atoms with Gasteiger partial charge in [0.2, 0.25) is 0 Å². The van der Waals surface area contributed by atoms with Crippen molar-refractivity contribution in [3.05, 3.63) is 36.5 Å². The van der Waals surface area contributed by atoms with Crippen LogP contribution in [0, 0.1) is 124 Å². The van der Waals surface area contributed by atoms with Crippen molar-refractivity contribution in [3.8, 4) is 0 Å². The second kappa shape index (κ2) is 30.2. The topological polar surface area (TPSA) is 109 Å². The van der Waals surface area contributed by atoms with Gasteiger partial charge in [-0.25, -0.2) is 0 Å². The average Bonchev–Trinajstić information content (AvgIpc) is 4.21. The Morgan fingerprint density at radius 3 is 1.00 bits per heavy atom. The molecule has 0 aromatic rings. The van der Waals surface area contributed by atoms with Crippen LogP contribution in [-0.4, -0.2) is 44.5 Å². The van der Waals surface area contributed by atoms with Crippen LogP contribution in [0.2, 0.25) is 0 Å². The first-order chi connectivity index (χ1) is 36.2. The molecule has 4 unspecified atom stereocenters. The van der Waals surface area contributed by atoms with Crippen molar-refractivity contribution in [1.82, 2.24) is 0 Å². The number of hydrogen-bond acceptors (Lipinski definition) is 6. The molecule has 2 N–H and O–H groups in total. The van der Waals surface area contributed by atoms with E-state index in [2.05, 4.69) is 113 Å². The number of hydrogen-bond donors (Lipinski definition) is 2. The molecule has 8 fully saturated rings. The summed E-state index contributed by atoms with van der Waals surface area (Å²) in [4.78, 5) is 47.9. The molecule has 19 atom stereocenters. The van der Waals surface area contributed by atoms with Crippen LogP contribution in [0.5, 0.6) is 0 Å². The highest BCUT2D eigenvalue weighted by Crippen LogP contribution is 2.51. The van der Waals surface area contributed by atoms with Crippen LogP contribution in [-0.2, 0) is 19.2 Å². The molecule has 0 bridgehead atoms. The number of Topliss-reactive ketones (excluding diaryl/α,β-unsaturated/α-hetero) is 4. The molecule has 8 rings (SSSR count). The summed E-state index contributed by atoms with van der Waals surface area (Å²) in [5.74, 6) is 14.4. The predicted octanol–water partition coefficient (Wildman–Crippen LogP) is 17.7. The van der Waals surface area contributed by atoms with Crippen molar-refractivity contribution in [2.24, 2.45) is 124 Å². The summed E-state index contributed by atoms with van der Waals surface area (Å²) in [7, 11) is 0. The highest BCUT2D eigenvalue weighted by Gasteiger charge is 2.46. The maximum atomic E-state index is 12.0. The van der Waals surface area contributed by atoms with Crippen LogP contribution >= 0.6 is 0 Å². The van der Waals surface area contributed by atoms with E-state index in [4.69, 9.17) is 0 Å². The zero-order valence-corrected chi connectivity index (χ0v) is 52.4. The SMILES string of the molecule is CC(C)CCC[C@H](C)C1CC[C@H]2C(=O)CCC[C@H]12.CC(C)[C@@H](C)/C=C/[C@H](C)C1CC[C@H]2C(=O)CCC[C@H]12.C[C@@H](/C=C/[C@H](C)C(C)(C)O)C1CC[C@H]2C(=O)CCC[C@H]12.C[C@H](/C=C/[C@H](C)C1CC[C@H]2C(=O)CCC[C@H]12)C(C)(C)O. The van der Waals surface area contributed by atoms with Crippen LogP contribution < -0.4 is 0 Å². The molecule has 440 valence electrons. The fraction of sp³-hybridized carbons (Fsp3) is 0.859. The van der Waals surface area contributed by atoms with E-state index in [1.807, 2.05) is 27.7 Å². The second-order valence-electron chi connectivity index (χ2n) is 29.5. The Kier molecular flexibility index (Phi) is 25.8. The first kappa shape index (κ1) is 65.6. The normalized spacial score (nSPS) is 34.3. The lowest BCUT2D eigenvalue weighted by Gasteiger charge is -2.31. The van der Waals surface area contributed by atoms with E-state index >= 15 is 0 Å². The van der Waals surface area contributed by atoms with E-state index in [1.54, 1.807) is 0 Å². The number of carbonyl (C=O) groups excluding carboxylic acids is 4. The maximum Gasteiger partial charge on any atom is 0.136 e. The van der Waals surface area contributed by atoms with Gasteiger partial charge < -0.3 is 10.2 Å². The van der Waals surface area contributed by atoms with Gasteiger partial charge in [0.15, 0.2) is 0 Å². The first-order valence-corrected chi connectivity index (χ1v) is 32.8. The Morgan fingerprint density at radius 1 is 0.403 bits per heavy atom. The van der Waals surface area contributed by atoms with Gasteiger partial charge >= 0.3 is 0 Å². The zero-order valence-electron chi connectivity index (χ0n) is 52.4. The molecule has 0 spiro atoms. The molecule has 0 amide bonds. The lowest BCUT2D eigenvalue weighted by Crippen LogP contribution is -2.29. The third kappa shape index (κ3) is 18.7. The summed E-state index contributed by atoms with van der Waals surface area (Å²) < 4.78 is 0. The van der Waals surface area contributed by atoms with Crippen LogP contribution in [0.15, 0.2) is 36.5 Å². The van der Waals surface area contributed by atoms with Gasteiger partial charge in [-0.2, -0.15) is 0 Å². The van der Waals surface area contributed by atoms with Crippen LogP contribution in [0.1, 0.15) is 252 Å². The van der Waals surface area contributed by atoms with Gasteiger partial charge in [0.05, 0.1) is 11.2 Å². The maximum absolute atomic E-state index is 12.0. The van der Waals surface area contributed by atoms with E-state index in [0.29, 0.717) is 100 Å². The molecule has 8 saturated carbocycles. The highest BCUT2D eigenvalue weighted by molar-refractivity contribution is 5.83. The molecule has 0 radical (unpaired) electrons. The predicted molar refractivity (Wildman–Crippen MR) is 322 cm³/mol. The summed E-state index contributed by atoms with van der Waals surface area (Å²) in [6, 6.07) is 0. The Balaban J connectivity index is 0.000000189. The highest BCUT2D eigenvalue weighted by atomic mass is 16.3. The number of rotatable bonds is 17. The fourth-order valence-corrected chi connectivity index (χ4v) is 16.3. The van der Waals surface area contributed by atoms with E-state index < -0.39 is 11.2 Å². The third-order valence-electron chi connectivity index (χ3n) is 22.6. The van der Waals surface area contributed by atoms with Gasteiger partial charge in [-0.3, -0.25) is 19.2 Å². The quantitative estimate of drug-likeness (QED) is 0.141. The zero-order chi connectivity index (χ0) is 56.9. The molecule has 8 aliphatic carbocycles. The summed E-state index contributed by atoms with van der Waals surface area (Å²) >= 11 is 0. The smallest absolute Gasteiger partial charge is 0.136 e. The molecule has 0 saturated heterocycles. The van der Waals surface area contributed by atoms with Crippen molar-refractivity contribution in [1.29, 1.82) is 0 Å². The summed E-state index contributed by atoms with van der Waals surface area (Å²) in [5, 5.41) is 20.0. The summed E-state index contributed by atoms with van der Waals surface area (Å²) in [5.41, 5.74) is -1.32. The van der Waals surface area contributed by atoms with Crippen LogP contribution in [0.25, 0.3) is 0 Å². The first-order valence-electron chi connectivity index (χ1n) is 32.8. The van der Waals surface area contributed by atoms with Gasteiger partial charge in [-0.15, -0.1) is 0 Å². The van der Waals surface area contributed by atoms with Crippen LogP contribution in [0.3, 0.4) is 0 Å². The lowest BCUT2D eigenvalue weighted by molar-refractivity contribution is -0.127. The largest absolute Gasteiger partial charge is 0.390 e. The van der Waals surface area contributed by atoms with Gasteiger partial charge in [-0.1, -0.05) is 132 Å². The molecule has 6 heteroatoms. The van der Waals surface area contributed by atoms with Crippen molar-refractivity contribution in [3.63, 3.8) is 0 Å². The van der Waals surface area contributed by atoms with Gasteiger partial charge in [0, 0.05) is 61.2 Å². The molecule has 0 heterocycles. The molecule has 77 heavy (non-hydrogen) atoms. The molecule has 6 nitrogen and oxygen atoms in total. The third-order valence-corrected chi connectivity index (χ3v) is 22.6. The van der Waals surface area contributed by atoms with Gasteiger partial charge in [-0.05, 0) is 219 Å². The van der Waals surface area contributed by atoms with E-state index in [-0.39, 0.29) is 11.8 Å². The summed E-state index contributed by atoms with van der Waals surface area (Å²) in [6.07, 6.45) is 40.3. The lowest BCUT2D eigenvalue weighted by atomic mass is 9.73. The van der Waals surface area contributed by atoms with E-state index in [0.717, 1.165) is 106 Å². The Bertz CT molecular complexity index is 1850. The summed E-state index contributed by atoms with van der Waals surface area (Å²) in [6.45, 7) is 32.4.